The standard InChI is InChI=1S/C16H32N4S.HI/c1-5-17-15(19-12-16(3)9-6-10-21-16)18-11-13(2)20(4)14-7-8-14;/h13-14H,5-12H2,1-4H3,(H2,17,18,19);1H. The van der Waals surface area contributed by atoms with Gasteiger partial charge in [0.05, 0.1) is 6.54 Å². The highest BCUT2D eigenvalue weighted by atomic mass is 127. The highest BCUT2D eigenvalue weighted by Crippen LogP contribution is 2.37. The number of nitrogens with one attached hydrogen (secondary N) is 2. The molecule has 0 aromatic carbocycles. The molecule has 1 heterocycles. The third-order valence-electron chi connectivity index (χ3n) is 4.60. The predicted molar refractivity (Wildman–Crippen MR) is 110 cm³/mol. The van der Waals surface area contributed by atoms with Gasteiger partial charge in [-0.2, -0.15) is 11.8 Å². The summed E-state index contributed by atoms with van der Waals surface area (Å²) >= 11 is 2.08. The van der Waals surface area contributed by atoms with E-state index in [1.54, 1.807) is 0 Å². The zero-order valence-corrected chi connectivity index (χ0v) is 17.7. The topological polar surface area (TPSA) is 39.7 Å². The number of thioether (sulfide) groups is 1. The lowest BCUT2D eigenvalue weighted by molar-refractivity contribution is 0.247. The summed E-state index contributed by atoms with van der Waals surface area (Å²) < 4.78 is 0.346. The average molecular weight is 440 g/mol. The fourth-order valence-corrected chi connectivity index (χ4v) is 4.01. The van der Waals surface area contributed by atoms with Gasteiger partial charge in [0.25, 0.3) is 0 Å². The lowest BCUT2D eigenvalue weighted by Crippen LogP contribution is -2.45. The Kier molecular flexibility index (Phi) is 8.85. The Morgan fingerprint density at radius 2 is 2.14 bits per heavy atom. The van der Waals surface area contributed by atoms with Crippen molar-refractivity contribution in [3.63, 3.8) is 0 Å². The van der Waals surface area contributed by atoms with Crippen LogP contribution in [-0.2, 0) is 0 Å². The number of hydrogen-bond donors (Lipinski definition) is 2. The van der Waals surface area contributed by atoms with E-state index < -0.39 is 0 Å². The van der Waals surface area contributed by atoms with E-state index in [1.165, 1.54) is 31.4 Å². The molecule has 2 N–H and O–H groups in total. The Hall–Kier alpha value is 0.310. The third-order valence-corrected chi connectivity index (χ3v) is 6.12. The molecule has 1 saturated carbocycles. The van der Waals surface area contributed by atoms with Gasteiger partial charge in [0.2, 0.25) is 0 Å². The zero-order valence-electron chi connectivity index (χ0n) is 14.5. The molecule has 0 amide bonds. The van der Waals surface area contributed by atoms with Gasteiger partial charge in [0, 0.05) is 29.9 Å². The van der Waals surface area contributed by atoms with Gasteiger partial charge in [0.1, 0.15) is 0 Å². The smallest absolute Gasteiger partial charge is 0.191 e. The molecule has 0 radical (unpaired) electrons. The highest BCUT2D eigenvalue weighted by molar-refractivity contribution is 14.0. The lowest BCUT2D eigenvalue weighted by atomic mass is 10.1. The van der Waals surface area contributed by atoms with E-state index in [2.05, 4.69) is 55.1 Å². The first-order valence-electron chi connectivity index (χ1n) is 8.42. The first-order valence-corrected chi connectivity index (χ1v) is 9.41. The number of guanidine groups is 1. The number of halogens is 1. The van der Waals surface area contributed by atoms with Gasteiger partial charge in [-0.05, 0) is 59.3 Å². The SMILES string of the molecule is CCNC(=NCC1(C)CCCS1)NCC(C)N(C)C1CC1.I. The molecule has 6 heteroatoms. The quantitative estimate of drug-likeness (QED) is 0.363. The molecule has 2 rings (SSSR count). The fourth-order valence-electron chi connectivity index (χ4n) is 2.78. The van der Waals surface area contributed by atoms with E-state index in [0.29, 0.717) is 10.8 Å². The molecule has 0 spiro atoms. The molecule has 0 bridgehead atoms. The predicted octanol–water partition coefficient (Wildman–Crippen LogP) is 2.93. The first kappa shape index (κ1) is 20.4. The van der Waals surface area contributed by atoms with E-state index >= 15 is 0 Å². The maximum Gasteiger partial charge on any atom is 0.191 e. The zero-order chi connectivity index (χ0) is 15.3. The van der Waals surface area contributed by atoms with Gasteiger partial charge in [-0.3, -0.25) is 9.89 Å². The van der Waals surface area contributed by atoms with Crippen LogP contribution in [0, 0.1) is 0 Å². The third kappa shape index (κ3) is 6.43. The van der Waals surface area contributed by atoms with Crippen LogP contribution in [0.2, 0.25) is 0 Å². The first-order chi connectivity index (χ1) is 10.0. The Morgan fingerprint density at radius 3 is 2.68 bits per heavy atom. The van der Waals surface area contributed by atoms with Crippen LogP contribution in [0.15, 0.2) is 4.99 Å². The molecule has 2 unspecified atom stereocenters. The van der Waals surface area contributed by atoms with Gasteiger partial charge in [-0.25, -0.2) is 0 Å². The summed E-state index contributed by atoms with van der Waals surface area (Å²) in [6.07, 6.45) is 5.36. The minimum atomic E-state index is 0. The molecule has 1 aliphatic carbocycles. The van der Waals surface area contributed by atoms with Crippen molar-refractivity contribution in [2.75, 3.05) is 32.4 Å². The van der Waals surface area contributed by atoms with E-state index in [0.717, 1.165) is 31.6 Å². The Bertz CT molecular complexity index is 354. The summed E-state index contributed by atoms with van der Waals surface area (Å²) in [5.41, 5.74) is 0. The van der Waals surface area contributed by atoms with E-state index in [4.69, 9.17) is 4.99 Å². The van der Waals surface area contributed by atoms with Crippen molar-refractivity contribution in [2.24, 2.45) is 4.99 Å². The van der Waals surface area contributed by atoms with Gasteiger partial charge in [-0.15, -0.1) is 24.0 Å². The Balaban J connectivity index is 0.00000242. The van der Waals surface area contributed by atoms with Crippen LogP contribution in [0.5, 0.6) is 0 Å². The minimum absolute atomic E-state index is 0. The molecule has 0 aromatic rings. The largest absolute Gasteiger partial charge is 0.357 e. The summed E-state index contributed by atoms with van der Waals surface area (Å²) in [5.74, 6) is 2.27. The van der Waals surface area contributed by atoms with E-state index in [1.807, 2.05) is 0 Å². The monoisotopic (exact) mass is 440 g/mol. The Labute approximate surface area is 157 Å². The highest BCUT2D eigenvalue weighted by Gasteiger charge is 2.30. The number of nitrogens with zero attached hydrogens (tertiary/aromatic N) is 2. The second-order valence-corrected chi connectivity index (χ2v) is 8.41. The number of rotatable bonds is 7. The van der Waals surface area contributed by atoms with Gasteiger partial charge >= 0.3 is 0 Å². The molecule has 1 saturated heterocycles. The van der Waals surface area contributed by atoms with Crippen molar-refractivity contribution < 1.29 is 0 Å². The normalized spacial score (nSPS) is 26.7. The maximum absolute atomic E-state index is 4.81. The molecule has 1 aliphatic heterocycles. The van der Waals surface area contributed by atoms with Crippen molar-refractivity contribution in [3.8, 4) is 0 Å². The van der Waals surface area contributed by atoms with Crippen molar-refractivity contribution in [1.82, 2.24) is 15.5 Å². The average Bonchev–Trinajstić information content (AvgIpc) is 3.23. The number of hydrogen-bond acceptors (Lipinski definition) is 3. The van der Waals surface area contributed by atoms with Crippen LogP contribution in [-0.4, -0.2) is 60.1 Å². The minimum Gasteiger partial charge on any atom is -0.357 e. The summed E-state index contributed by atoms with van der Waals surface area (Å²) in [7, 11) is 2.24. The molecule has 4 nitrogen and oxygen atoms in total. The maximum atomic E-state index is 4.81. The van der Waals surface area contributed by atoms with Crippen LogP contribution in [0.4, 0.5) is 0 Å². The fraction of sp³-hybridized carbons (Fsp3) is 0.938. The van der Waals surface area contributed by atoms with Crippen molar-refractivity contribution in [3.05, 3.63) is 0 Å². The van der Waals surface area contributed by atoms with Crippen LogP contribution in [0.1, 0.15) is 46.5 Å². The van der Waals surface area contributed by atoms with Crippen molar-refractivity contribution >= 4 is 41.7 Å². The van der Waals surface area contributed by atoms with Gasteiger partial charge in [-0.1, -0.05) is 0 Å². The van der Waals surface area contributed by atoms with E-state index in [9.17, 15) is 0 Å². The lowest BCUT2D eigenvalue weighted by Gasteiger charge is -2.26. The summed E-state index contributed by atoms with van der Waals surface area (Å²) in [5, 5.41) is 6.89. The number of aliphatic imine (C=N–C) groups is 1. The summed E-state index contributed by atoms with van der Waals surface area (Å²) in [4.78, 5) is 7.30. The second kappa shape index (κ2) is 9.57. The number of likely N-dealkylation sites (N-methyl/N-ethyl adjacent to an activating group) is 1. The van der Waals surface area contributed by atoms with E-state index in [-0.39, 0.29) is 24.0 Å². The van der Waals surface area contributed by atoms with Crippen LogP contribution < -0.4 is 10.6 Å². The summed E-state index contributed by atoms with van der Waals surface area (Å²) in [6, 6.07) is 1.37. The molecule has 2 fully saturated rings. The Morgan fingerprint density at radius 1 is 1.41 bits per heavy atom. The van der Waals surface area contributed by atoms with Gasteiger partial charge < -0.3 is 10.6 Å². The molecule has 130 valence electrons. The van der Waals surface area contributed by atoms with Crippen LogP contribution in [0.3, 0.4) is 0 Å². The molecule has 0 aromatic heterocycles. The van der Waals surface area contributed by atoms with Crippen molar-refractivity contribution in [1.29, 1.82) is 0 Å². The molecule has 2 aliphatic rings. The van der Waals surface area contributed by atoms with Crippen LogP contribution >= 0.6 is 35.7 Å². The van der Waals surface area contributed by atoms with Crippen molar-refractivity contribution in [2.45, 2.75) is 63.3 Å². The molecular weight excluding hydrogens is 407 g/mol. The summed E-state index contributed by atoms with van der Waals surface area (Å²) in [6.45, 7) is 9.57. The molecule has 2 atom stereocenters. The van der Waals surface area contributed by atoms with Crippen LogP contribution in [0.25, 0.3) is 0 Å². The molecule has 22 heavy (non-hydrogen) atoms. The second-order valence-electron chi connectivity index (χ2n) is 6.72. The molecular formula is C16H33IN4S. The van der Waals surface area contributed by atoms with Gasteiger partial charge in [0.15, 0.2) is 5.96 Å².